The average molecular weight is 328 g/mol. The molecule has 0 aliphatic carbocycles. The molecule has 1 saturated heterocycles. The minimum Gasteiger partial charge on any atom is -0.462 e. The Balaban J connectivity index is 1.70. The van der Waals surface area contributed by atoms with Crippen LogP contribution in [-0.2, 0) is 9.53 Å². The van der Waals surface area contributed by atoms with Crippen LogP contribution in [0.2, 0.25) is 0 Å². The van der Waals surface area contributed by atoms with E-state index in [0.29, 0.717) is 36.5 Å². The van der Waals surface area contributed by atoms with Gasteiger partial charge in [0.05, 0.1) is 12.3 Å². The molecule has 1 aliphatic heterocycles. The molecule has 1 fully saturated rings. The standard InChI is InChI=1S/C18H20N2O4/c1-3-20-10-13(9-15(20)21)11-23-18(22)16-12(2)19-24-17(16)14-7-5-4-6-8-14/h4-8,13H,3,9-11H2,1-2H3. The van der Waals surface area contributed by atoms with Gasteiger partial charge in [-0.05, 0) is 13.8 Å². The number of aryl methyl sites for hydroxylation is 1. The molecule has 0 bridgehead atoms. The van der Waals surface area contributed by atoms with Crippen molar-refractivity contribution in [3.05, 3.63) is 41.6 Å². The molecule has 6 nitrogen and oxygen atoms in total. The van der Waals surface area contributed by atoms with Gasteiger partial charge in [-0.25, -0.2) is 4.79 Å². The zero-order chi connectivity index (χ0) is 17.1. The number of esters is 1. The zero-order valence-corrected chi connectivity index (χ0v) is 13.8. The van der Waals surface area contributed by atoms with Gasteiger partial charge < -0.3 is 14.2 Å². The first-order valence-corrected chi connectivity index (χ1v) is 8.06. The summed E-state index contributed by atoms with van der Waals surface area (Å²) in [6.45, 7) is 5.20. The van der Waals surface area contributed by atoms with Crippen LogP contribution < -0.4 is 0 Å². The summed E-state index contributed by atoms with van der Waals surface area (Å²) in [4.78, 5) is 26.0. The number of likely N-dealkylation sites (tertiary alicyclic amines) is 1. The van der Waals surface area contributed by atoms with E-state index < -0.39 is 5.97 Å². The molecule has 1 atom stereocenters. The van der Waals surface area contributed by atoms with Gasteiger partial charge in [0, 0.05) is 31.0 Å². The predicted octanol–water partition coefficient (Wildman–Crippen LogP) is 2.68. The Kier molecular flexibility index (Phi) is 4.64. The molecule has 0 N–H and O–H groups in total. The number of carbonyl (C=O) groups excluding carboxylic acids is 2. The summed E-state index contributed by atoms with van der Waals surface area (Å²) >= 11 is 0. The topological polar surface area (TPSA) is 72.6 Å². The lowest BCUT2D eigenvalue weighted by atomic mass is 10.1. The lowest BCUT2D eigenvalue weighted by Crippen LogP contribution is -2.25. The SMILES string of the molecule is CCN1CC(COC(=O)c2c(C)noc2-c2ccccc2)CC1=O. The highest BCUT2D eigenvalue weighted by atomic mass is 16.5. The summed E-state index contributed by atoms with van der Waals surface area (Å²) in [5, 5.41) is 3.89. The largest absolute Gasteiger partial charge is 0.462 e. The third-order valence-corrected chi connectivity index (χ3v) is 4.23. The summed E-state index contributed by atoms with van der Waals surface area (Å²) in [5.41, 5.74) is 1.62. The van der Waals surface area contributed by atoms with E-state index in [1.165, 1.54) is 0 Å². The Hall–Kier alpha value is -2.63. The predicted molar refractivity (Wildman–Crippen MR) is 87.3 cm³/mol. The maximum atomic E-state index is 12.5. The van der Waals surface area contributed by atoms with E-state index in [1.54, 1.807) is 11.8 Å². The fraction of sp³-hybridized carbons (Fsp3) is 0.389. The number of benzene rings is 1. The first-order chi connectivity index (χ1) is 11.6. The number of rotatable bonds is 5. The van der Waals surface area contributed by atoms with Crippen LogP contribution in [0.5, 0.6) is 0 Å². The van der Waals surface area contributed by atoms with Crippen molar-refractivity contribution in [2.45, 2.75) is 20.3 Å². The first-order valence-electron chi connectivity index (χ1n) is 8.06. The average Bonchev–Trinajstić information content (AvgIpc) is 3.16. The van der Waals surface area contributed by atoms with Gasteiger partial charge in [-0.3, -0.25) is 4.79 Å². The van der Waals surface area contributed by atoms with Crippen molar-refractivity contribution in [2.75, 3.05) is 19.7 Å². The van der Waals surface area contributed by atoms with E-state index in [0.717, 1.165) is 5.56 Å². The van der Waals surface area contributed by atoms with Gasteiger partial charge in [0.15, 0.2) is 5.76 Å². The second-order valence-corrected chi connectivity index (χ2v) is 5.94. The third-order valence-electron chi connectivity index (χ3n) is 4.23. The highest BCUT2D eigenvalue weighted by Crippen LogP contribution is 2.27. The van der Waals surface area contributed by atoms with Crippen LogP contribution in [0.3, 0.4) is 0 Å². The van der Waals surface area contributed by atoms with Crippen molar-refractivity contribution < 1.29 is 18.8 Å². The number of ether oxygens (including phenoxy) is 1. The summed E-state index contributed by atoms with van der Waals surface area (Å²) in [7, 11) is 0. The molecule has 1 aliphatic rings. The van der Waals surface area contributed by atoms with Gasteiger partial charge in [-0.15, -0.1) is 0 Å². The Morgan fingerprint density at radius 1 is 1.38 bits per heavy atom. The van der Waals surface area contributed by atoms with Crippen molar-refractivity contribution in [2.24, 2.45) is 5.92 Å². The van der Waals surface area contributed by atoms with Gasteiger partial charge in [0.2, 0.25) is 5.91 Å². The molecule has 2 heterocycles. The molecule has 1 amide bonds. The zero-order valence-electron chi connectivity index (χ0n) is 13.8. The number of hydrogen-bond acceptors (Lipinski definition) is 5. The number of hydrogen-bond donors (Lipinski definition) is 0. The fourth-order valence-corrected chi connectivity index (χ4v) is 2.93. The second kappa shape index (κ2) is 6.86. The summed E-state index contributed by atoms with van der Waals surface area (Å²) < 4.78 is 10.7. The van der Waals surface area contributed by atoms with Gasteiger partial charge in [0.25, 0.3) is 0 Å². The molecule has 0 saturated carbocycles. The molecule has 1 aromatic carbocycles. The smallest absolute Gasteiger partial charge is 0.344 e. The van der Waals surface area contributed by atoms with Gasteiger partial charge in [-0.1, -0.05) is 35.5 Å². The number of amides is 1. The van der Waals surface area contributed by atoms with E-state index in [9.17, 15) is 9.59 Å². The van der Waals surface area contributed by atoms with Crippen molar-refractivity contribution in [3.8, 4) is 11.3 Å². The highest BCUT2D eigenvalue weighted by Gasteiger charge is 2.30. The molecule has 6 heteroatoms. The van der Waals surface area contributed by atoms with Crippen LogP contribution in [-0.4, -0.2) is 41.6 Å². The van der Waals surface area contributed by atoms with E-state index in [1.807, 2.05) is 37.3 Å². The normalized spacial score (nSPS) is 17.3. The van der Waals surface area contributed by atoms with Crippen molar-refractivity contribution >= 4 is 11.9 Å². The molecular formula is C18H20N2O4. The molecule has 2 aromatic rings. The highest BCUT2D eigenvalue weighted by molar-refractivity contribution is 5.96. The Bertz CT molecular complexity index is 739. The van der Waals surface area contributed by atoms with Gasteiger partial charge in [0.1, 0.15) is 5.56 Å². The van der Waals surface area contributed by atoms with Crippen LogP contribution in [0.1, 0.15) is 29.4 Å². The van der Waals surface area contributed by atoms with E-state index in [4.69, 9.17) is 9.26 Å². The van der Waals surface area contributed by atoms with Crippen molar-refractivity contribution in [1.82, 2.24) is 10.1 Å². The summed E-state index contributed by atoms with van der Waals surface area (Å²) in [6.07, 6.45) is 0.426. The molecule has 1 unspecified atom stereocenters. The van der Waals surface area contributed by atoms with Gasteiger partial charge in [-0.2, -0.15) is 0 Å². The van der Waals surface area contributed by atoms with Crippen LogP contribution in [0, 0.1) is 12.8 Å². The number of aromatic nitrogens is 1. The van der Waals surface area contributed by atoms with Crippen LogP contribution in [0.25, 0.3) is 11.3 Å². The Labute approximate surface area is 140 Å². The minimum absolute atomic E-state index is 0.0433. The van der Waals surface area contributed by atoms with Crippen LogP contribution in [0.4, 0.5) is 0 Å². The van der Waals surface area contributed by atoms with Crippen LogP contribution in [0.15, 0.2) is 34.9 Å². The molecule has 3 rings (SSSR count). The molecule has 1 aromatic heterocycles. The summed E-state index contributed by atoms with van der Waals surface area (Å²) in [6, 6.07) is 9.33. The number of carbonyl (C=O) groups is 2. The van der Waals surface area contributed by atoms with E-state index >= 15 is 0 Å². The fourth-order valence-electron chi connectivity index (χ4n) is 2.93. The van der Waals surface area contributed by atoms with E-state index in [2.05, 4.69) is 5.16 Å². The molecule has 24 heavy (non-hydrogen) atoms. The van der Waals surface area contributed by atoms with Crippen LogP contribution >= 0.6 is 0 Å². The Morgan fingerprint density at radius 2 is 2.12 bits per heavy atom. The molecule has 0 spiro atoms. The molecular weight excluding hydrogens is 308 g/mol. The summed E-state index contributed by atoms with van der Waals surface area (Å²) in [5.74, 6) is 0.109. The van der Waals surface area contributed by atoms with Gasteiger partial charge >= 0.3 is 5.97 Å². The lowest BCUT2D eigenvalue weighted by molar-refractivity contribution is -0.127. The second-order valence-electron chi connectivity index (χ2n) is 5.94. The quantitative estimate of drug-likeness (QED) is 0.789. The third kappa shape index (κ3) is 3.18. The molecule has 0 radical (unpaired) electrons. The maximum Gasteiger partial charge on any atom is 0.344 e. The number of nitrogens with zero attached hydrogens (tertiary/aromatic N) is 2. The lowest BCUT2D eigenvalue weighted by Gasteiger charge is -2.13. The van der Waals surface area contributed by atoms with Crippen molar-refractivity contribution in [3.63, 3.8) is 0 Å². The minimum atomic E-state index is -0.463. The first kappa shape index (κ1) is 16.2. The monoisotopic (exact) mass is 328 g/mol. The molecule has 126 valence electrons. The van der Waals surface area contributed by atoms with Crippen molar-refractivity contribution in [1.29, 1.82) is 0 Å². The maximum absolute atomic E-state index is 12.5. The van der Waals surface area contributed by atoms with E-state index in [-0.39, 0.29) is 18.4 Å². The Morgan fingerprint density at radius 3 is 2.79 bits per heavy atom.